The molecule has 0 radical (unpaired) electrons. The number of carbonyl (C=O) groups excluding carboxylic acids is 7. The summed E-state index contributed by atoms with van der Waals surface area (Å²) in [4.78, 5) is 97.0. The summed E-state index contributed by atoms with van der Waals surface area (Å²) in [6, 6.07) is 6.20. The molecule has 0 aliphatic carbocycles. The van der Waals surface area contributed by atoms with Crippen molar-refractivity contribution in [3.63, 3.8) is 0 Å². The van der Waals surface area contributed by atoms with Crippen molar-refractivity contribution in [3.05, 3.63) is 35.9 Å². The molecule has 54 heavy (non-hydrogen) atoms. The minimum absolute atomic E-state index is 0.117. The summed E-state index contributed by atoms with van der Waals surface area (Å²) < 4.78 is 15.0. The van der Waals surface area contributed by atoms with Gasteiger partial charge in [-0.3, -0.25) is 24.0 Å². The van der Waals surface area contributed by atoms with Crippen LogP contribution >= 0.6 is 23.5 Å². The maximum Gasteiger partial charge on any atom is 0.328 e. The highest BCUT2D eigenvalue weighted by molar-refractivity contribution is 8.00. The third-order valence-electron chi connectivity index (χ3n) is 10.8. The van der Waals surface area contributed by atoms with Crippen LogP contribution < -0.4 is 10.6 Å². The Hall–Kier alpha value is -3.79. The summed E-state index contributed by atoms with van der Waals surface area (Å²) >= 11 is 3.18. The van der Waals surface area contributed by atoms with Crippen LogP contribution in [0.1, 0.15) is 76.2 Å². The molecular weight excluding hydrogens is 737 g/mol. The lowest BCUT2D eigenvalue weighted by atomic mass is 9.88. The number of esters is 3. The molecule has 16 heteroatoms. The minimum atomic E-state index is -0.924. The summed E-state index contributed by atoms with van der Waals surface area (Å²) in [5.74, 6) is -3.53. The molecule has 4 aliphatic rings. The Morgan fingerprint density at radius 1 is 0.685 bits per heavy atom. The van der Waals surface area contributed by atoms with Gasteiger partial charge >= 0.3 is 17.9 Å². The minimum Gasteiger partial charge on any atom is -0.469 e. The van der Waals surface area contributed by atoms with E-state index < -0.39 is 59.8 Å². The number of carbonyl (C=O) groups is 7. The number of nitrogens with zero attached hydrogens (tertiary/aromatic N) is 2. The quantitative estimate of drug-likeness (QED) is 0.221. The number of piperidine rings is 2. The third kappa shape index (κ3) is 10.1. The number of ether oxygens (including phenoxy) is 3. The van der Waals surface area contributed by atoms with Crippen LogP contribution in [-0.4, -0.2) is 119 Å². The Morgan fingerprint density at radius 3 is 1.65 bits per heavy atom. The molecule has 14 nitrogen and oxygen atoms in total. The zero-order valence-electron chi connectivity index (χ0n) is 31.2. The van der Waals surface area contributed by atoms with E-state index in [2.05, 4.69) is 10.6 Å². The number of hydrogen-bond acceptors (Lipinski definition) is 12. The van der Waals surface area contributed by atoms with Gasteiger partial charge in [0.1, 0.15) is 24.2 Å². The molecule has 296 valence electrons. The first kappa shape index (κ1) is 41.4. The van der Waals surface area contributed by atoms with Gasteiger partial charge in [-0.05, 0) is 87.7 Å². The van der Waals surface area contributed by atoms with Gasteiger partial charge in [-0.25, -0.2) is 9.59 Å². The molecule has 1 aromatic carbocycles. The van der Waals surface area contributed by atoms with Gasteiger partial charge in [-0.1, -0.05) is 30.3 Å². The highest BCUT2D eigenvalue weighted by Gasteiger charge is 2.45. The second kappa shape index (κ2) is 19.7. The van der Waals surface area contributed by atoms with Gasteiger partial charge in [-0.2, -0.15) is 0 Å². The Labute approximate surface area is 324 Å². The van der Waals surface area contributed by atoms with Crippen molar-refractivity contribution in [2.45, 2.75) is 112 Å². The van der Waals surface area contributed by atoms with Crippen LogP contribution in [0.2, 0.25) is 0 Å². The third-order valence-corrected chi connectivity index (χ3v) is 13.5. The molecule has 4 amide bonds. The van der Waals surface area contributed by atoms with E-state index in [-0.39, 0.29) is 47.7 Å². The maximum absolute atomic E-state index is 14.1. The van der Waals surface area contributed by atoms with Crippen molar-refractivity contribution in [1.82, 2.24) is 20.4 Å². The van der Waals surface area contributed by atoms with Gasteiger partial charge in [0, 0.05) is 11.8 Å². The normalized spacial score (nSPS) is 26.8. The molecule has 5 rings (SSSR count). The fourth-order valence-electron chi connectivity index (χ4n) is 7.92. The number of fused-ring (bicyclic) bond motifs is 2. The van der Waals surface area contributed by atoms with Crippen LogP contribution in [0.15, 0.2) is 30.3 Å². The van der Waals surface area contributed by atoms with Crippen LogP contribution in [0, 0.1) is 11.8 Å². The lowest BCUT2D eigenvalue weighted by molar-refractivity contribution is -0.156. The van der Waals surface area contributed by atoms with Crippen molar-refractivity contribution in [3.8, 4) is 0 Å². The maximum atomic E-state index is 14.1. The predicted molar refractivity (Wildman–Crippen MR) is 202 cm³/mol. The summed E-state index contributed by atoms with van der Waals surface area (Å²) in [6.45, 7) is 0. The van der Waals surface area contributed by atoms with E-state index in [1.54, 1.807) is 33.3 Å². The van der Waals surface area contributed by atoms with Gasteiger partial charge in [0.2, 0.25) is 23.6 Å². The van der Waals surface area contributed by atoms with E-state index in [9.17, 15) is 33.6 Å². The van der Waals surface area contributed by atoms with E-state index in [1.165, 1.54) is 21.3 Å². The van der Waals surface area contributed by atoms with Crippen molar-refractivity contribution in [2.75, 3.05) is 32.8 Å². The van der Waals surface area contributed by atoms with Crippen LogP contribution in [0.3, 0.4) is 0 Å². The largest absolute Gasteiger partial charge is 0.469 e. The van der Waals surface area contributed by atoms with Gasteiger partial charge in [0.25, 0.3) is 0 Å². The summed E-state index contributed by atoms with van der Waals surface area (Å²) in [6.07, 6.45) is 5.11. The Balaban J connectivity index is 1.32. The van der Waals surface area contributed by atoms with E-state index in [0.717, 1.165) is 31.2 Å². The Morgan fingerprint density at radius 2 is 1.17 bits per heavy atom. The van der Waals surface area contributed by atoms with E-state index >= 15 is 0 Å². The van der Waals surface area contributed by atoms with E-state index in [1.807, 2.05) is 30.3 Å². The van der Waals surface area contributed by atoms with Crippen LogP contribution in [-0.2, 0) is 54.2 Å². The first-order valence-electron chi connectivity index (χ1n) is 18.8. The standard InChI is InChI=1S/C38H52N4O10S2/c1-50-32(43)22-25(34(45)40-27-18-20-54-31-14-8-12-29(38(49)52-3)42(31)36(27)47)16-15-24(21-23-9-5-4-6-10-23)33(44)39-26-17-19-53-30-13-7-11-28(37(48)51-2)41(30)35(26)46/h4-6,9-10,24-31H,7-8,11-22H2,1-3H3,(H,39,44)(H,40,45)/t24-,25-,26+,27+,28+,29+,30+,31+/m1/s1. The van der Waals surface area contributed by atoms with E-state index in [0.29, 0.717) is 43.6 Å². The first-order valence-corrected chi connectivity index (χ1v) is 20.9. The number of thioether (sulfide) groups is 2. The molecule has 4 heterocycles. The zero-order valence-corrected chi connectivity index (χ0v) is 32.8. The molecule has 0 unspecified atom stereocenters. The van der Waals surface area contributed by atoms with Gasteiger partial charge < -0.3 is 34.6 Å². The topological polar surface area (TPSA) is 178 Å². The summed E-state index contributed by atoms with van der Waals surface area (Å²) in [7, 11) is 3.83. The molecule has 8 atom stereocenters. The fourth-order valence-corrected chi connectivity index (χ4v) is 10.7. The molecule has 4 aliphatic heterocycles. The Bertz CT molecular complexity index is 1530. The number of rotatable bonds is 13. The molecule has 1 aromatic rings. The Kier molecular flexibility index (Phi) is 15.1. The molecule has 4 saturated heterocycles. The lowest BCUT2D eigenvalue weighted by Gasteiger charge is -2.40. The highest BCUT2D eigenvalue weighted by Crippen LogP contribution is 2.36. The monoisotopic (exact) mass is 788 g/mol. The van der Waals surface area contributed by atoms with Crippen molar-refractivity contribution in [1.29, 1.82) is 0 Å². The highest BCUT2D eigenvalue weighted by atomic mass is 32.2. The fraction of sp³-hybridized carbons (Fsp3) is 0.658. The number of methoxy groups -OCH3 is 3. The van der Waals surface area contributed by atoms with Crippen LogP contribution in [0.25, 0.3) is 0 Å². The molecule has 4 fully saturated rings. The number of benzene rings is 1. The van der Waals surface area contributed by atoms with Crippen LogP contribution in [0.4, 0.5) is 0 Å². The average molecular weight is 789 g/mol. The van der Waals surface area contributed by atoms with Crippen molar-refractivity contribution < 1.29 is 47.8 Å². The number of nitrogens with one attached hydrogen (secondary N) is 2. The predicted octanol–water partition coefficient (Wildman–Crippen LogP) is 2.81. The summed E-state index contributed by atoms with van der Waals surface area (Å²) in [5.41, 5.74) is 0.883. The van der Waals surface area contributed by atoms with Gasteiger partial charge in [0.15, 0.2) is 0 Å². The molecule has 0 bridgehead atoms. The number of hydrogen-bond donors (Lipinski definition) is 2. The molecule has 0 spiro atoms. The smallest absolute Gasteiger partial charge is 0.328 e. The SMILES string of the molecule is COC(=O)C[C@@H](CC[C@H](Cc1ccccc1)C(=O)N[C@H]1CCS[C@H]2CCC[C@@H](C(=O)OC)N2C1=O)C(=O)N[C@H]1CCS[C@H]2CCC[C@@H](C(=O)OC)N2C1=O. The van der Waals surface area contributed by atoms with Crippen molar-refractivity contribution in [2.24, 2.45) is 11.8 Å². The summed E-state index contributed by atoms with van der Waals surface area (Å²) in [5, 5.41) is 5.49. The molecule has 0 aromatic heterocycles. The zero-order chi connectivity index (χ0) is 38.8. The second-order valence-electron chi connectivity index (χ2n) is 14.2. The second-order valence-corrected chi connectivity index (χ2v) is 16.8. The van der Waals surface area contributed by atoms with Gasteiger partial charge in [-0.15, -0.1) is 23.5 Å². The van der Waals surface area contributed by atoms with Crippen molar-refractivity contribution >= 4 is 65.1 Å². The first-order chi connectivity index (χ1) is 26.1. The molecule has 0 saturated carbocycles. The van der Waals surface area contributed by atoms with E-state index in [4.69, 9.17) is 14.2 Å². The number of amides is 4. The van der Waals surface area contributed by atoms with Crippen LogP contribution in [0.5, 0.6) is 0 Å². The lowest BCUT2D eigenvalue weighted by Crippen LogP contribution is -2.58. The average Bonchev–Trinajstić information content (AvgIpc) is 3.45. The molecule has 2 N–H and O–H groups in total. The molecular formula is C38H52N4O10S2. The van der Waals surface area contributed by atoms with Gasteiger partial charge in [0.05, 0.1) is 38.5 Å².